The van der Waals surface area contributed by atoms with Crippen LogP contribution in [0.1, 0.15) is 10.4 Å². The molecule has 2 rings (SSSR count). The summed E-state index contributed by atoms with van der Waals surface area (Å²) < 4.78 is 19.7. The summed E-state index contributed by atoms with van der Waals surface area (Å²) in [6.45, 7) is 0. The number of carbonyl (C=O) groups is 1. The maximum atomic E-state index is 13.8. The highest BCUT2D eigenvalue weighted by atomic mass is 19.1. The van der Waals surface area contributed by atoms with E-state index in [2.05, 4.69) is 5.10 Å². The molecule has 0 spiro atoms. The molecule has 0 saturated heterocycles. The van der Waals surface area contributed by atoms with Crippen molar-refractivity contribution in [1.29, 1.82) is 0 Å². The smallest absolute Gasteiger partial charge is 0.345 e. The average Bonchev–Trinajstić information content (AvgIpc) is 2.76. The van der Waals surface area contributed by atoms with Gasteiger partial charge in [-0.1, -0.05) is 12.1 Å². The lowest BCUT2D eigenvalue weighted by Gasteiger charge is -2.09. The van der Waals surface area contributed by atoms with Crippen LogP contribution in [0.5, 0.6) is 0 Å². The molecule has 20 heavy (non-hydrogen) atoms. The number of halogens is 1. The topological polar surface area (TPSA) is 73.4 Å². The Bertz CT molecular complexity index is 652. The molecule has 0 aliphatic carbocycles. The monoisotopic (exact) mass is 278 g/mol. The minimum absolute atomic E-state index is 0.0330. The van der Waals surface area contributed by atoms with E-state index in [1.165, 1.54) is 23.9 Å². The first-order valence-electron chi connectivity index (χ1n) is 5.86. The summed E-state index contributed by atoms with van der Waals surface area (Å²) in [6.07, 6.45) is 0. The van der Waals surface area contributed by atoms with Gasteiger partial charge in [-0.15, -0.1) is 5.10 Å². The molecule has 2 aromatic rings. The van der Waals surface area contributed by atoms with E-state index in [1.807, 2.05) is 0 Å². The largest absolute Gasteiger partial charge is 0.465 e. The molecule has 0 bridgehead atoms. The zero-order valence-electron chi connectivity index (χ0n) is 11.4. The number of esters is 1. The van der Waals surface area contributed by atoms with E-state index >= 15 is 0 Å². The molecule has 1 aromatic carbocycles. The summed E-state index contributed by atoms with van der Waals surface area (Å²) in [6, 6.07) is 6.04. The number of carbonyl (C=O) groups excluding carboxylic acids is 1. The van der Waals surface area contributed by atoms with Gasteiger partial charge in [0.1, 0.15) is 22.9 Å². The zero-order chi connectivity index (χ0) is 14.9. The second-order valence-corrected chi connectivity index (χ2v) is 4.33. The first-order chi connectivity index (χ1) is 9.47. The number of hydrogen-bond acceptors (Lipinski definition) is 5. The van der Waals surface area contributed by atoms with Gasteiger partial charge in [-0.3, -0.25) is 0 Å². The van der Waals surface area contributed by atoms with Gasteiger partial charge in [0.05, 0.1) is 7.11 Å². The number of nitrogen functional groups attached to an aromatic ring is 1. The van der Waals surface area contributed by atoms with E-state index < -0.39 is 11.8 Å². The normalized spacial score (nSPS) is 10.4. The molecule has 6 nitrogen and oxygen atoms in total. The molecule has 0 radical (unpaired) electrons. The molecule has 7 heteroatoms. The number of benzene rings is 1. The molecule has 1 aromatic heterocycles. The highest BCUT2D eigenvalue weighted by molar-refractivity contribution is 6.00. The van der Waals surface area contributed by atoms with Crippen molar-refractivity contribution < 1.29 is 13.9 Å². The van der Waals surface area contributed by atoms with E-state index in [0.29, 0.717) is 5.82 Å². The molecule has 0 amide bonds. The summed E-state index contributed by atoms with van der Waals surface area (Å²) in [5.74, 6) is -0.750. The fourth-order valence-corrected chi connectivity index (χ4v) is 1.84. The summed E-state index contributed by atoms with van der Waals surface area (Å²) in [5.41, 5.74) is 6.21. The minimum atomic E-state index is -0.617. The number of rotatable bonds is 3. The summed E-state index contributed by atoms with van der Waals surface area (Å²) in [7, 11) is 4.67. The van der Waals surface area contributed by atoms with Gasteiger partial charge in [0.2, 0.25) is 0 Å². The van der Waals surface area contributed by atoms with Crippen LogP contribution in [0.15, 0.2) is 24.3 Å². The van der Waals surface area contributed by atoms with Crippen molar-refractivity contribution >= 4 is 17.6 Å². The van der Waals surface area contributed by atoms with Crippen LogP contribution >= 0.6 is 0 Å². The van der Waals surface area contributed by atoms with E-state index in [9.17, 15) is 9.18 Å². The molecule has 106 valence electrons. The predicted molar refractivity (Wildman–Crippen MR) is 73.6 cm³/mol. The number of methoxy groups -OCH3 is 1. The first-order valence-corrected chi connectivity index (χ1v) is 5.86. The number of hydrogen-bond donors (Lipinski definition) is 1. The van der Waals surface area contributed by atoms with Gasteiger partial charge < -0.3 is 15.4 Å². The van der Waals surface area contributed by atoms with Crippen LogP contribution in [0.2, 0.25) is 0 Å². The molecule has 0 unspecified atom stereocenters. The Morgan fingerprint density at radius 2 is 2.05 bits per heavy atom. The second kappa shape index (κ2) is 5.20. The van der Waals surface area contributed by atoms with E-state index in [4.69, 9.17) is 10.5 Å². The molecule has 0 atom stereocenters. The second-order valence-electron chi connectivity index (χ2n) is 4.33. The molecular formula is C13H15FN4O2. The Hall–Kier alpha value is -2.57. The van der Waals surface area contributed by atoms with Gasteiger partial charge in [-0.05, 0) is 12.1 Å². The van der Waals surface area contributed by atoms with Gasteiger partial charge in [-0.25, -0.2) is 13.9 Å². The van der Waals surface area contributed by atoms with Crippen molar-refractivity contribution in [3.05, 3.63) is 35.6 Å². The Kier molecular flexibility index (Phi) is 3.60. The first kappa shape index (κ1) is 13.9. The van der Waals surface area contributed by atoms with Crippen LogP contribution in [-0.2, 0) is 4.74 Å². The van der Waals surface area contributed by atoms with Gasteiger partial charge in [0.25, 0.3) is 0 Å². The van der Waals surface area contributed by atoms with Crippen molar-refractivity contribution in [3.63, 3.8) is 0 Å². The Balaban J connectivity index is 2.68. The van der Waals surface area contributed by atoms with Crippen molar-refractivity contribution in [2.45, 2.75) is 0 Å². The van der Waals surface area contributed by atoms with Gasteiger partial charge in [0, 0.05) is 14.1 Å². The molecule has 2 N–H and O–H groups in total. The minimum Gasteiger partial charge on any atom is -0.465 e. The lowest BCUT2D eigenvalue weighted by molar-refractivity contribution is 0.0602. The molecule has 0 aliphatic heterocycles. The van der Waals surface area contributed by atoms with Crippen LogP contribution in [0.3, 0.4) is 0 Å². The number of nitrogens with zero attached hydrogens (tertiary/aromatic N) is 3. The number of aromatic nitrogens is 2. The molecule has 1 heterocycles. The van der Waals surface area contributed by atoms with Crippen molar-refractivity contribution in [1.82, 2.24) is 9.78 Å². The Morgan fingerprint density at radius 1 is 1.40 bits per heavy atom. The standard InChI is InChI=1S/C13H15FN4O2/c1-17(2)12-10(13(19)20-3)11(15)18(16-12)9-7-5-4-6-8(9)14/h4-7H,15H2,1-3H3. The summed E-state index contributed by atoms with van der Waals surface area (Å²) >= 11 is 0. The van der Waals surface area contributed by atoms with Crippen LogP contribution in [0.25, 0.3) is 5.69 Å². The molecule has 0 saturated carbocycles. The molecule has 0 fully saturated rings. The lowest BCUT2D eigenvalue weighted by Crippen LogP contribution is -2.14. The number of para-hydroxylation sites is 1. The van der Waals surface area contributed by atoms with Gasteiger partial charge in [-0.2, -0.15) is 0 Å². The number of ether oxygens (including phenoxy) is 1. The van der Waals surface area contributed by atoms with E-state index in [1.54, 1.807) is 31.1 Å². The number of anilines is 2. The van der Waals surface area contributed by atoms with Crippen LogP contribution in [0, 0.1) is 5.82 Å². The third-order valence-electron chi connectivity index (χ3n) is 2.80. The summed E-state index contributed by atoms with van der Waals surface area (Å²) in [5, 5.41) is 4.19. The van der Waals surface area contributed by atoms with Crippen LogP contribution in [0.4, 0.5) is 16.0 Å². The number of nitrogens with two attached hydrogens (primary N) is 1. The third-order valence-corrected chi connectivity index (χ3v) is 2.80. The SMILES string of the molecule is COC(=O)c1c(N(C)C)nn(-c2ccccc2F)c1N. The molecular weight excluding hydrogens is 263 g/mol. The lowest BCUT2D eigenvalue weighted by atomic mass is 10.2. The Labute approximate surface area is 115 Å². The van der Waals surface area contributed by atoms with E-state index in [0.717, 1.165) is 0 Å². The highest BCUT2D eigenvalue weighted by Gasteiger charge is 2.25. The zero-order valence-corrected chi connectivity index (χ0v) is 11.4. The van der Waals surface area contributed by atoms with Crippen LogP contribution < -0.4 is 10.6 Å². The predicted octanol–water partition coefficient (Wildman–Crippen LogP) is 1.45. The van der Waals surface area contributed by atoms with Gasteiger partial charge >= 0.3 is 5.97 Å². The average molecular weight is 278 g/mol. The molecule has 0 aliphatic rings. The van der Waals surface area contributed by atoms with Gasteiger partial charge in [0.15, 0.2) is 5.82 Å². The quantitative estimate of drug-likeness (QED) is 0.860. The fraction of sp³-hybridized carbons (Fsp3) is 0.231. The fourth-order valence-electron chi connectivity index (χ4n) is 1.84. The maximum Gasteiger partial charge on any atom is 0.345 e. The van der Waals surface area contributed by atoms with E-state index in [-0.39, 0.29) is 17.1 Å². The van der Waals surface area contributed by atoms with Crippen LogP contribution in [-0.4, -0.2) is 37.0 Å². The third kappa shape index (κ3) is 2.18. The van der Waals surface area contributed by atoms with Crippen molar-refractivity contribution in [2.75, 3.05) is 31.8 Å². The maximum absolute atomic E-state index is 13.8. The highest BCUT2D eigenvalue weighted by Crippen LogP contribution is 2.28. The Morgan fingerprint density at radius 3 is 2.60 bits per heavy atom. The van der Waals surface area contributed by atoms with Crippen molar-refractivity contribution in [2.24, 2.45) is 0 Å². The summed E-state index contributed by atoms with van der Waals surface area (Å²) in [4.78, 5) is 13.4. The van der Waals surface area contributed by atoms with Crippen molar-refractivity contribution in [3.8, 4) is 5.69 Å².